The summed E-state index contributed by atoms with van der Waals surface area (Å²) in [4.78, 5) is 10.1. The van der Waals surface area contributed by atoms with E-state index >= 15 is 0 Å². The molecule has 0 unspecified atom stereocenters. The fourth-order valence-corrected chi connectivity index (χ4v) is 1.31. The SMILES string of the molecule is CC(C)(N)Cc1cccc([N+](=O)[O-])c1. The smallest absolute Gasteiger partial charge is 0.269 e. The predicted octanol–water partition coefficient (Wildman–Crippen LogP) is 1.87. The maximum atomic E-state index is 10.5. The van der Waals surface area contributed by atoms with Gasteiger partial charge in [-0.1, -0.05) is 12.1 Å². The highest BCUT2D eigenvalue weighted by Crippen LogP contribution is 2.16. The highest BCUT2D eigenvalue weighted by Gasteiger charge is 2.13. The van der Waals surface area contributed by atoms with Crippen LogP contribution in [-0.2, 0) is 6.42 Å². The molecule has 0 spiro atoms. The van der Waals surface area contributed by atoms with Gasteiger partial charge in [0.1, 0.15) is 0 Å². The molecule has 4 heteroatoms. The molecule has 2 N–H and O–H groups in total. The lowest BCUT2D eigenvalue weighted by Crippen LogP contribution is -2.34. The van der Waals surface area contributed by atoms with Crippen LogP contribution in [0.3, 0.4) is 0 Å². The number of nitro benzene ring substituents is 1. The van der Waals surface area contributed by atoms with Crippen LogP contribution in [0.15, 0.2) is 24.3 Å². The maximum Gasteiger partial charge on any atom is 0.269 e. The van der Waals surface area contributed by atoms with Gasteiger partial charge in [-0.25, -0.2) is 0 Å². The van der Waals surface area contributed by atoms with Crippen LogP contribution in [0.2, 0.25) is 0 Å². The summed E-state index contributed by atoms with van der Waals surface area (Å²) in [5.41, 5.74) is 6.50. The highest BCUT2D eigenvalue weighted by atomic mass is 16.6. The van der Waals surface area contributed by atoms with Gasteiger partial charge in [-0.2, -0.15) is 0 Å². The zero-order valence-electron chi connectivity index (χ0n) is 8.36. The van der Waals surface area contributed by atoms with Crippen molar-refractivity contribution in [3.8, 4) is 0 Å². The van der Waals surface area contributed by atoms with E-state index in [9.17, 15) is 10.1 Å². The van der Waals surface area contributed by atoms with Crippen LogP contribution in [0.5, 0.6) is 0 Å². The van der Waals surface area contributed by atoms with Crippen molar-refractivity contribution >= 4 is 5.69 Å². The number of non-ortho nitro benzene ring substituents is 1. The average Bonchev–Trinajstić information content (AvgIpc) is 2.01. The van der Waals surface area contributed by atoms with Gasteiger partial charge in [0, 0.05) is 17.7 Å². The fourth-order valence-electron chi connectivity index (χ4n) is 1.31. The van der Waals surface area contributed by atoms with Gasteiger partial charge in [0.25, 0.3) is 5.69 Å². The van der Waals surface area contributed by atoms with Gasteiger partial charge >= 0.3 is 0 Å². The van der Waals surface area contributed by atoms with Gasteiger partial charge < -0.3 is 5.73 Å². The molecule has 0 aliphatic carbocycles. The first kappa shape index (κ1) is 10.7. The second kappa shape index (κ2) is 3.75. The van der Waals surface area contributed by atoms with E-state index in [1.165, 1.54) is 6.07 Å². The normalized spacial score (nSPS) is 11.4. The quantitative estimate of drug-likeness (QED) is 0.590. The van der Waals surface area contributed by atoms with Crippen molar-refractivity contribution in [3.05, 3.63) is 39.9 Å². The fraction of sp³-hybridized carbons (Fsp3) is 0.400. The second-order valence-electron chi connectivity index (χ2n) is 4.09. The Kier molecular flexibility index (Phi) is 2.86. The van der Waals surface area contributed by atoms with Crippen molar-refractivity contribution in [1.82, 2.24) is 0 Å². The zero-order chi connectivity index (χ0) is 10.8. The van der Waals surface area contributed by atoms with Gasteiger partial charge in [-0.05, 0) is 25.8 Å². The summed E-state index contributed by atoms with van der Waals surface area (Å²) in [7, 11) is 0. The predicted molar refractivity (Wildman–Crippen MR) is 55.1 cm³/mol. The number of nitrogens with two attached hydrogens (primary N) is 1. The molecule has 0 atom stereocenters. The monoisotopic (exact) mass is 194 g/mol. The molecule has 4 nitrogen and oxygen atoms in total. The van der Waals surface area contributed by atoms with Gasteiger partial charge in [-0.3, -0.25) is 10.1 Å². The third-order valence-corrected chi connectivity index (χ3v) is 1.78. The van der Waals surface area contributed by atoms with E-state index in [1.54, 1.807) is 12.1 Å². The van der Waals surface area contributed by atoms with E-state index in [0.717, 1.165) is 5.56 Å². The number of hydrogen-bond donors (Lipinski definition) is 1. The first-order valence-corrected chi connectivity index (χ1v) is 4.41. The minimum atomic E-state index is -0.396. The maximum absolute atomic E-state index is 10.5. The van der Waals surface area contributed by atoms with Crippen LogP contribution in [-0.4, -0.2) is 10.5 Å². The van der Waals surface area contributed by atoms with E-state index in [1.807, 2.05) is 19.9 Å². The molecule has 1 aromatic carbocycles. The molecule has 0 aliphatic heterocycles. The van der Waals surface area contributed by atoms with Crippen molar-refractivity contribution in [2.45, 2.75) is 25.8 Å². The van der Waals surface area contributed by atoms with Crippen molar-refractivity contribution in [2.75, 3.05) is 0 Å². The van der Waals surface area contributed by atoms with Crippen LogP contribution in [0, 0.1) is 10.1 Å². The number of nitro groups is 1. The summed E-state index contributed by atoms with van der Waals surface area (Å²) in [6, 6.07) is 6.57. The summed E-state index contributed by atoms with van der Waals surface area (Å²) < 4.78 is 0. The van der Waals surface area contributed by atoms with Crippen LogP contribution < -0.4 is 5.73 Å². The van der Waals surface area contributed by atoms with E-state index in [4.69, 9.17) is 5.73 Å². The van der Waals surface area contributed by atoms with Crippen LogP contribution >= 0.6 is 0 Å². The largest absolute Gasteiger partial charge is 0.325 e. The Morgan fingerprint density at radius 3 is 2.64 bits per heavy atom. The Labute approximate surface area is 82.9 Å². The van der Waals surface area contributed by atoms with Gasteiger partial charge in [0.15, 0.2) is 0 Å². The lowest BCUT2D eigenvalue weighted by Gasteiger charge is -2.17. The van der Waals surface area contributed by atoms with Gasteiger partial charge in [-0.15, -0.1) is 0 Å². The molecule has 0 heterocycles. The summed E-state index contributed by atoms with van der Waals surface area (Å²) in [5.74, 6) is 0. The molecule has 1 rings (SSSR count). The molecule has 0 aromatic heterocycles. The summed E-state index contributed by atoms with van der Waals surface area (Å²) in [5, 5.41) is 10.5. The van der Waals surface area contributed by atoms with Crippen molar-refractivity contribution < 1.29 is 4.92 Å². The molecule has 14 heavy (non-hydrogen) atoms. The Balaban J connectivity index is 2.89. The van der Waals surface area contributed by atoms with Gasteiger partial charge in [0.05, 0.1) is 4.92 Å². The minimum absolute atomic E-state index is 0.117. The first-order valence-electron chi connectivity index (χ1n) is 4.41. The van der Waals surface area contributed by atoms with Gasteiger partial charge in [0.2, 0.25) is 0 Å². The van der Waals surface area contributed by atoms with Crippen LogP contribution in [0.25, 0.3) is 0 Å². The average molecular weight is 194 g/mol. The van der Waals surface area contributed by atoms with Crippen molar-refractivity contribution in [1.29, 1.82) is 0 Å². The number of nitrogens with zero attached hydrogens (tertiary/aromatic N) is 1. The molecule has 0 amide bonds. The number of rotatable bonds is 3. The van der Waals surface area contributed by atoms with E-state index < -0.39 is 4.92 Å². The zero-order valence-corrected chi connectivity index (χ0v) is 8.36. The number of hydrogen-bond acceptors (Lipinski definition) is 3. The van der Waals surface area contributed by atoms with E-state index in [-0.39, 0.29) is 11.2 Å². The molecular weight excluding hydrogens is 180 g/mol. The van der Waals surface area contributed by atoms with Crippen molar-refractivity contribution in [2.24, 2.45) is 5.73 Å². The summed E-state index contributed by atoms with van der Waals surface area (Å²) in [6.07, 6.45) is 0.634. The molecule has 0 saturated heterocycles. The summed E-state index contributed by atoms with van der Waals surface area (Å²) in [6.45, 7) is 3.79. The first-order chi connectivity index (χ1) is 6.38. The van der Waals surface area contributed by atoms with Crippen LogP contribution in [0.4, 0.5) is 5.69 Å². The Morgan fingerprint density at radius 1 is 1.50 bits per heavy atom. The Morgan fingerprint density at radius 2 is 2.14 bits per heavy atom. The Bertz CT molecular complexity index is 342. The molecular formula is C10H14N2O2. The lowest BCUT2D eigenvalue weighted by atomic mass is 9.96. The second-order valence-corrected chi connectivity index (χ2v) is 4.09. The third-order valence-electron chi connectivity index (χ3n) is 1.78. The molecule has 1 aromatic rings. The van der Waals surface area contributed by atoms with E-state index in [0.29, 0.717) is 6.42 Å². The minimum Gasteiger partial charge on any atom is -0.325 e. The van der Waals surface area contributed by atoms with Crippen LogP contribution in [0.1, 0.15) is 19.4 Å². The van der Waals surface area contributed by atoms with E-state index in [2.05, 4.69) is 0 Å². The third kappa shape index (κ3) is 3.14. The molecule has 0 fully saturated rings. The molecule has 0 aliphatic rings. The topological polar surface area (TPSA) is 69.2 Å². The molecule has 0 saturated carbocycles. The highest BCUT2D eigenvalue weighted by molar-refractivity contribution is 5.34. The Hall–Kier alpha value is -1.42. The van der Waals surface area contributed by atoms with Crippen molar-refractivity contribution in [3.63, 3.8) is 0 Å². The number of benzene rings is 1. The summed E-state index contributed by atoms with van der Waals surface area (Å²) >= 11 is 0. The lowest BCUT2D eigenvalue weighted by molar-refractivity contribution is -0.384. The molecule has 76 valence electrons. The molecule has 0 radical (unpaired) electrons. The standard InChI is InChI=1S/C10H14N2O2/c1-10(2,11)7-8-4-3-5-9(6-8)12(13)14/h3-6H,7,11H2,1-2H3. The molecule has 0 bridgehead atoms.